The normalized spacial score (nSPS) is 18.2. The number of aryl methyl sites for hydroxylation is 1. The van der Waals surface area contributed by atoms with Crippen LogP contribution in [0, 0.1) is 20.8 Å². The third-order valence-electron chi connectivity index (χ3n) is 8.46. The standard InChI is InChI=1S/C33H44N4/c1-11-24-18(5)28(34-22(24)9)15-30-20(7)26(13-3)32(36-30)17-33-27(14-4)21(8)31(37-33)16-29-19(6)25(12-2)23(10)35-29/h15-16,34,37H,11-14,17H2,1-10H3/b29-16-,30-15-. The molecule has 2 aromatic heterocycles. The van der Waals surface area contributed by atoms with E-state index < -0.39 is 0 Å². The van der Waals surface area contributed by atoms with Crippen molar-refractivity contribution in [2.75, 3.05) is 0 Å². The zero-order chi connectivity index (χ0) is 27.0. The SMILES string of the molecule is CCC1=C(C)/C(=C/c2[nH]c(CC3=N/C(=C\c4[nH]c(C)c(CC)c4C)C(C)=C3CC)c(CC)c2C)N=C1C. The van der Waals surface area contributed by atoms with Crippen molar-refractivity contribution in [3.8, 4) is 0 Å². The van der Waals surface area contributed by atoms with Gasteiger partial charge in [-0.05, 0) is 124 Å². The summed E-state index contributed by atoms with van der Waals surface area (Å²) in [6.07, 6.45) is 9.37. The second kappa shape index (κ2) is 10.7. The molecule has 0 atom stereocenters. The van der Waals surface area contributed by atoms with Crippen LogP contribution in [0.3, 0.4) is 0 Å². The van der Waals surface area contributed by atoms with Crippen LogP contribution >= 0.6 is 0 Å². The highest BCUT2D eigenvalue weighted by molar-refractivity contribution is 6.06. The summed E-state index contributed by atoms with van der Waals surface area (Å²) >= 11 is 0. The molecular weight excluding hydrogens is 452 g/mol. The van der Waals surface area contributed by atoms with Gasteiger partial charge in [-0.3, -0.25) is 9.98 Å². The number of aromatic amines is 2. The van der Waals surface area contributed by atoms with E-state index in [0.717, 1.165) is 49.2 Å². The zero-order valence-electron chi connectivity index (χ0n) is 24.6. The highest BCUT2D eigenvalue weighted by atomic mass is 14.8. The topological polar surface area (TPSA) is 56.3 Å². The molecule has 0 saturated carbocycles. The molecule has 0 fully saturated rings. The van der Waals surface area contributed by atoms with E-state index in [0.29, 0.717) is 0 Å². The van der Waals surface area contributed by atoms with Gasteiger partial charge in [0.25, 0.3) is 0 Å². The summed E-state index contributed by atoms with van der Waals surface area (Å²) in [4.78, 5) is 17.4. The van der Waals surface area contributed by atoms with Crippen LogP contribution in [-0.4, -0.2) is 21.4 Å². The van der Waals surface area contributed by atoms with Crippen molar-refractivity contribution < 1.29 is 0 Å². The first-order chi connectivity index (χ1) is 17.6. The summed E-state index contributed by atoms with van der Waals surface area (Å²) in [6.45, 7) is 22.1. The Morgan fingerprint density at radius 3 is 1.70 bits per heavy atom. The molecule has 0 unspecified atom stereocenters. The van der Waals surface area contributed by atoms with Gasteiger partial charge in [-0.1, -0.05) is 27.7 Å². The van der Waals surface area contributed by atoms with E-state index in [4.69, 9.17) is 9.98 Å². The number of hydrogen-bond donors (Lipinski definition) is 2. The summed E-state index contributed by atoms with van der Waals surface area (Å²) in [7, 11) is 0. The average molecular weight is 497 g/mol. The summed E-state index contributed by atoms with van der Waals surface area (Å²) < 4.78 is 0. The Morgan fingerprint density at radius 1 is 0.622 bits per heavy atom. The van der Waals surface area contributed by atoms with Crippen LogP contribution in [0.15, 0.2) is 43.7 Å². The maximum Gasteiger partial charge on any atom is 0.0686 e. The largest absolute Gasteiger partial charge is 0.359 e. The second-order valence-electron chi connectivity index (χ2n) is 10.5. The molecule has 2 aromatic rings. The minimum Gasteiger partial charge on any atom is -0.359 e. The molecule has 37 heavy (non-hydrogen) atoms. The minimum absolute atomic E-state index is 0.825. The molecule has 2 aliphatic heterocycles. The number of nitrogens with one attached hydrogen (secondary N) is 2. The van der Waals surface area contributed by atoms with Crippen LogP contribution in [0.2, 0.25) is 0 Å². The second-order valence-corrected chi connectivity index (χ2v) is 10.5. The van der Waals surface area contributed by atoms with Crippen molar-refractivity contribution in [2.45, 2.75) is 101 Å². The van der Waals surface area contributed by atoms with Gasteiger partial charge in [-0.15, -0.1) is 0 Å². The monoisotopic (exact) mass is 496 g/mol. The van der Waals surface area contributed by atoms with Gasteiger partial charge in [-0.2, -0.15) is 0 Å². The molecule has 4 nitrogen and oxygen atoms in total. The molecule has 4 rings (SSSR count). The van der Waals surface area contributed by atoms with Crippen molar-refractivity contribution in [3.63, 3.8) is 0 Å². The molecular formula is C33H44N4. The fraction of sp³-hybridized carbons (Fsp3) is 0.455. The number of rotatable bonds is 8. The van der Waals surface area contributed by atoms with E-state index in [1.165, 1.54) is 73.0 Å². The lowest BCUT2D eigenvalue weighted by molar-refractivity contribution is 1.05. The molecule has 4 heteroatoms. The Morgan fingerprint density at radius 2 is 1.16 bits per heavy atom. The molecule has 2 aliphatic rings. The third kappa shape index (κ3) is 4.79. The fourth-order valence-electron chi connectivity index (χ4n) is 6.27. The first-order valence-electron chi connectivity index (χ1n) is 14.0. The van der Waals surface area contributed by atoms with E-state index in [1.54, 1.807) is 0 Å². The van der Waals surface area contributed by atoms with E-state index in [1.807, 2.05) is 0 Å². The Kier molecular flexibility index (Phi) is 7.77. The van der Waals surface area contributed by atoms with Gasteiger partial charge in [0.05, 0.1) is 17.1 Å². The summed E-state index contributed by atoms with van der Waals surface area (Å²) in [5.74, 6) is 0. The first kappa shape index (κ1) is 26.9. The smallest absolute Gasteiger partial charge is 0.0686 e. The molecule has 0 amide bonds. The molecule has 0 saturated heterocycles. The number of H-pyrrole nitrogens is 2. The van der Waals surface area contributed by atoms with Crippen LogP contribution in [0.5, 0.6) is 0 Å². The van der Waals surface area contributed by atoms with E-state index in [9.17, 15) is 0 Å². The van der Waals surface area contributed by atoms with Crippen molar-refractivity contribution in [2.24, 2.45) is 9.98 Å². The molecule has 2 N–H and O–H groups in total. The summed E-state index contributed by atoms with van der Waals surface area (Å²) in [5.41, 5.74) is 20.3. The summed E-state index contributed by atoms with van der Waals surface area (Å²) in [6, 6.07) is 0. The molecule has 0 bridgehead atoms. The van der Waals surface area contributed by atoms with Crippen molar-refractivity contribution in [1.82, 2.24) is 9.97 Å². The third-order valence-corrected chi connectivity index (χ3v) is 8.46. The Balaban J connectivity index is 1.71. The van der Waals surface area contributed by atoms with Crippen LogP contribution in [0.4, 0.5) is 0 Å². The average Bonchev–Trinajstić information content (AvgIpc) is 3.51. The van der Waals surface area contributed by atoms with Crippen molar-refractivity contribution in [1.29, 1.82) is 0 Å². The predicted octanol–water partition coefficient (Wildman–Crippen LogP) is 8.70. The lowest BCUT2D eigenvalue weighted by atomic mass is 9.97. The first-order valence-corrected chi connectivity index (χ1v) is 14.0. The molecule has 0 radical (unpaired) electrons. The number of hydrogen-bond acceptors (Lipinski definition) is 2. The van der Waals surface area contributed by atoms with Gasteiger partial charge in [0.2, 0.25) is 0 Å². The fourth-order valence-corrected chi connectivity index (χ4v) is 6.27. The van der Waals surface area contributed by atoms with E-state index in [-0.39, 0.29) is 0 Å². The van der Waals surface area contributed by atoms with Gasteiger partial charge in [0, 0.05) is 34.9 Å². The maximum absolute atomic E-state index is 5.20. The Labute approximate surface area is 223 Å². The van der Waals surface area contributed by atoms with Crippen LogP contribution in [0.25, 0.3) is 12.2 Å². The zero-order valence-corrected chi connectivity index (χ0v) is 24.6. The highest BCUT2D eigenvalue weighted by Crippen LogP contribution is 2.34. The van der Waals surface area contributed by atoms with Gasteiger partial charge in [-0.25, -0.2) is 0 Å². The van der Waals surface area contributed by atoms with Crippen LogP contribution < -0.4 is 0 Å². The molecule has 196 valence electrons. The number of aromatic nitrogens is 2. The van der Waals surface area contributed by atoms with E-state index in [2.05, 4.69) is 91.4 Å². The summed E-state index contributed by atoms with van der Waals surface area (Å²) in [5, 5.41) is 0. The van der Waals surface area contributed by atoms with Crippen LogP contribution in [0.1, 0.15) is 106 Å². The van der Waals surface area contributed by atoms with Crippen molar-refractivity contribution in [3.05, 3.63) is 78.7 Å². The Hall–Kier alpha value is -3.14. The van der Waals surface area contributed by atoms with Gasteiger partial charge in [0.15, 0.2) is 0 Å². The van der Waals surface area contributed by atoms with Crippen molar-refractivity contribution >= 4 is 23.6 Å². The Bertz CT molecular complexity index is 1420. The number of nitrogens with zero attached hydrogens (tertiary/aromatic N) is 2. The lowest BCUT2D eigenvalue weighted by Gasteiger charge is -2.07. The quantitative estimate of drug-likeness (QED) is 0.367. The van der Waals surface area contributed by atoms with E-state index >= 15 is 0 Å². The maximum atomic E-state index is 5.20. The van der Waals surface area contributed by atoms with Gasteiger partial charge < -0.3 is 9.97 Å². The molecule has 0 aromatic carbocycles. The number of aliphatic imine (C=N–C) groups is 2. The highest BCUT2D eigenvalue weighted by Gasteiger charge is 2.24. The predicted molar refractivity (Wildman–Crippen MR) is 161 cm³/mol. The molecule has 0 aliphatic carbocycles. The number of allylic oxidation sites excluding steroid dienone is 4. The lowest BCUT2D eigenvalue weighted by Crippen LogP contribution is -2.06. The van der Waals surface area contributed by atoms with Gasteiger partial charge in [0.1, 0.15) is 0 Å². The minimum atomic E-state index is 0.825. The van der Waals surface area contributed by atoms with Crippen LogP contribution in [-0.2, 0) is 19.3 Å². The van der Waals surface area contributed by atoms with Gasteiger partial charge >= 0.3 is 0 Å². The molecule has 0 spiro atoms. The molecule has 4 heterocycles.